The van der Waals surface area contributed by atoms with E-state index in [9.17, 15) is 4.79 Å². The van der Waals surface area contributed by atoms with Crippen LogP contribution in [0.25, 0.3) is 11.3 Å². The highest BCUT2D eigenvalue weighted by Crippen LogP contribution is 2.26. The number of hydrogen-bond donors (Lipinski definition) is 2. The van der Waals surface area contributed by atoms with Crippen molar-refractivity contribution in [2.24, 2.45) is 0 Å². The molecule has 2 atom stereocenters. The van der Waals surface area contributed by atoms with E-state index in [2.05, 4.69) is 31.5 Å². The van der Waals surface area contributed by atoms with Gasteiger partial charge in [-0.2, -0.15) is 0 Å². The molecule has 0 saturated carbocycles. The summed E-state index contributed by atoms with van der Waals surface area (Å²) >= 11 is 5.02. The topological polar surface area (TPSA) is 54.0 Å². The minimum atomic E-state index is -0.0656. The molecule has 0 aliphatic carbocycles. The fraction of sp³-hybridized carbons (Fsp3) is 0.375. The quantitative estimate of drug-likeness (QED) is 0.854. The summed E-state index contributed by atoms with van der Waals surface area (Å²) in [6.07, 6.45) is 1.98. The number of hydrogen-bond acceptors (Lipinski definition) is 4. The lowest BCUT2D eigenvalue weighted by Gasteiger charge is -2.15. The van der Waals surface area contributed by atoms with E-state index in [-0.39, 0.29) is 18.0 Å². The van der Waals surface area contributed by atoms with Gasteiger partial charge in [0.1, 0.15) is 5.01 Å². The molecule has 1 aromatic carbocycles. The lowest BCUT2D eigenvalue weighted by Crippen LogP contribution is -2.41. The maximum atomic E-state index is 12.1. The van der Waals surface area contributed by atoms with Gasteiger partial charge in [0, 0.05) is 15.4 Å². The van der Waals surface area contributed by atoms with Gasteiger partial charge in [-0.05, 0) is 38.4 Å². The van der Waals surface area contributed by atoms with Crippen LogP contribution in [0.4, 0.5) is 0 Å². The first-order chi connectivity index (χ1) is 10.6. The van der Waals surface area contributed by atoms with Crippen molar-refractivity contribution < 1.29 is 4.79 Å². The first kappa shape index (κ1) is 15.6. The molecule has 0 bridgehead atoms. The van der Waals surface area contributed by atoms with E-state index < -0.39 is 0 Å². The molecule has 1 aliphatic heterocycles. The van der Waals surface area contributed by atoms with Gasteiger partial charge < -0.3 is 10.6 Å². The zero-order chi connectivity index (χ0) is 15.5. The third kappa shape index (κ3) is 3.56. The molecule has 1 aromatic heterocycles. The van der Waals surface area contributed by atoms with Crippen LogP contribution >= 0.6 is 27.3 Å². The Hall–Kier alpha value is -1.24. The summed E-state index contributed by atoms with van der Waals surface area (Å²) in [5.41, 5.74) is 2.04. The Balaban J connectivity index is 1.67. The summed E-state index contributed by atoms with van der Waals surface area (Å²) < 4.78 is 1.05. The van der Waals surface area contributed by atoms with Gasteiger partial charge in [-0.15, -0.1) is 11.3 Å². The molecule has 2 unspecified atom stereocenters. The van der Waals surface area contributed by atoms with Crippen LogP contribution in [0.1, 0.15) is 30.8 Å². The monoisotopic (exact) mass is 379 g/mol. The highest BCUT2D eigenvalue weighted by Gasteiger charge is 2.24. The average molecular weight is 380 g/mol. The van der Waals surface area contributed by atoms with Crippen LogP contribution in [-0.4, -0.2) is 23.5 Å². The van der Waals surface area contributed by atoms with Crippen molar-refractivity contribution in [2.45, 2.75) is 31.8 Å². The van der Waals surface area contributed by atoms with Crippen molar-refractivity contribution in [2.75, 3.05) is 6.54 Å². The first-order valence-electron chi connectivity index (χ1n) is 7.38. The van der Waals surface area contributed by atoms with E-state index in [4.69, 9.17) is 0 Å². The number of amides is 1. The van der Waals surface area contributed by atoms with Crippen LogP contribution in [0.5, 0.6) is 0 Å². The van der Waals surface area contributed by atoms with Crippen LogP contribution < -0.4 is 10.6 Å². The van der Waals surface area contributed by atoms with Gasteiger partial charge in [-0.3, -0.25) is 4.79 Å². The minimum Gasteiger partial charge on any atom is -0.346 e. The normalized spacial score (nSPS) is 19.1. The number of benzene rings is 1. The second-order valence-electron chi connectivity index (χ2n) is 5.46. The smallest absolute Gasteiger partial charge is 0.237 e. The number of nitrogens with one attached hydrogen (secondary N) is 2. The SMILES string of the molecule is CC(NC(=O)C1CCCN1)c1nc(-c2ccc(Br)cc2)cs1. The Morgan fingerprint density at radius 1 is 1.45 bits per heavy atom. The van der Waals surface area contributed by atoms with Gasteiger partial charge in [-0.1, -0.05) is 28.1 Å². The van der Waals surface area contributed by atoms with E-state index in [0.717, 1.165) is 40.1 Å². The molecule has 1 fully saturated rings. The highest BCUT2D eigenvalue weighted by molar-refractivity contribution is 9.10. The molecular formula is C16H18BrN3OS. The van der Waals surface area contributed by atoms with Crippen molar-refractivity contribution >= 4 is 33.2 Å². The molecule has 0 radical (unpaired) electrons. The van der Waals surface area contributed by atoms with Gasteiger partial charge in [0.2, 0.25) is 5.91 Å². The van der Waals surface area contributed by atoms with Gasteiger partial charge in [0.25, 0.3) is 0 Å². The number of carbonyl (C=O) groups excluding carboxylic acids is 1. The lowest BCUT2D eigenvalue weighted by molar-refractivity contribution is -0.123. The molecule has 116 valence electrons. The predicted octanol–water partition coefficient (Wildman–Crippen LogP) is 3.50. The number of halogens is 1. The number of thiazole rings is 1. The first-order valence-corrected chi connectivity index (χ1v) is 9.06. The largest absolute Gasteiger partial charge is 0.346 e. The van der Waals surface area contributed by atoms with Crippen molar-refractivity contribution in [3.8, 4) is 11.3 Å². The molecule has 3 rings (SSSR count). The number of nitrogens with zero attached hydrogens (tertiary/aromatic N) is 1. The van der Waals surface area contributed by atoms with Crippen LogP contribution in [-0.2, 0) is 4.79 Å². The van der Waals surface area contributed by atoms with E-state index in [1.54, 1.807) is 11.3 Å². The van der Waals surface area contributed by atoms with Gasteiger partial charge in [0.15, 0.2) is 0 Å². The van der Waals surface area contributed by atoms with Crippen LogP contribution in [0.15, 0.2) is 34.1 Å². The second kappa shape index (κ2) is 6.89. The maximum absolute atomic E-state index is 12.1. The predicted molar refractivity (Wildman–Crippen MR) is 92.8 cm³/mol. The molecule has 2 heterocycles. The third-order valence-corrected chi connectivity index (χ3v) is 5.32. The molecule has 2 aromatic rings. The standard InChI is InChI=1S/C16H18BrN3OS/c1-10(19-15(21)13-3-2-8-18-13)16-20-14(9-22-16)11-4-6-12(17)7-5-11/h4-7,9-10,13,18H,2-3,8H2,1H3,(H,19,21). The molecule has 1 aliphatic rings. The molecule has 0 spiro atoms. The Kier molecular flexibility index (Phi) is 4.90. The van der Waals surface area contributed by atoms with Crippen molar-refractivity contribution in [1.29, 1.82) is 0 Å². The summed E-state index contributed by atoms with van der Waals surface area (Å²) in [7, 11) is 0. The van der Waals surface area contributed by atoms with Gasteiger partial charge >= 0.3 is 0 Å². The molecule has 6 heteroatoms. The van der Waals surface area contributed by atoms with Crippen LogP contribution in [0.3, 0.4) is 0 Å². The Labute approximate surface area is 142 Å². The molecule has 4 nitrogen and oxygen atoms in total. The van der Waals surface area contributed by atoms with E-state index >= 15 is 0 Å². The Bertz CT molecular complexity index is 650. The van der Waals surface area contributed by atoms with E-state index in [1.165, 1.54) is 0 Å². The Morgan fingerprint density at radius 2 is 2.23 bits per heavy atom. The molecule has 1 amide bonds. The summed E-state index contributed by atoms with van der Waals surface area (Å²) in [5, 5.41) is 9.24. The number of carbonyl (C=O) groups is 1. The van der Waals surface area contributed by atoms with Crippen molar-refractivity contribution in [3.05, 3.63) is 39.1 Å². The lowest BCUT2D eigenvalue weighted by atomic mass is 10.2. The van der Waals surface area contributed by atoms with E-state index in [1.807, 2.05) is 36.6 Å². The fourth-order valence-corrected chi connectivity index (χ4v) is 3.62. The number of aromatic nitrogens is 1. The van der Waals surface area contributed by atoms with Crippen LogP contribution in [0.2, 0.25) is 0 Å². The zero-order valence-electron chi connectivity index (χ0n) is 12.3. The second-order valence-corrected chi connectivity index (χ2v) is 7.26. The third-order valence-electron chi connectivity index (χ3n) is 3.77. The van der Waals surface area contributed by atoms with Gasteiger partial charge in [0.05, 0.1) is 17.8 Å². The fourth-order valence-electron chi connectivity index (χ4n) is 2.52. The Morgan fingerprint density at radius 3 is 2.91 bits per heavy atom. The number of rotatable bonds is 4. The molecule has 2 N–H and O–H groups in total. The molecular weight excluding hydrogens is 362 g/mol. The van der Waals surface area contributed by atoms with Crippen LogP contribution in [0, 0.1) is 0 Å². The summed E-state index contributed by atoms with van der Waals surface area (Å²) in [4.78, 5) is 16.8. The van der Waals surface area contributed by atoms with Crippen molar-refractivity contribution in [1.82, 2.24) is 15.6 Å². The van der Waals surface area contributed by atoms with Gasteiger partial charge in [-0.25, -0.2) is 4.98 Å². The maximum Gasteiger partial charge on any atom is 0.237 e. The zero-order valence-corrected chi connectivity index (χ0v) is 14.7. The average Bonchev–Trinajstić information content (AvgIpc) is 3.20. The summed E-state index contributed by atoms with van der Waals surface area (Å²) in [6, 6.07) is 7.97. The summed E-state index contributed by atoms with van der Waals surface area (Å²) in [5.74, 6) is 0.0744. The molecule has 22 heavy (non-hydrogen) atoms. The minimum absolute atomic E-state index is 0.0478. The molecule has 1 saturated heterocycles. The summed E-state index contributed by atoms with van der Waals surface area (Å²) in [6.45, 7) is 2.91. The van der Waals surface area contributed by atoms with E-state index in [0.29, 0.717) is 0 Å². The highest BCUT2D eigenvalue weighted by atomic mass is 79.9. The van der Waals surface area contributed by atoms with Crippen molar-refractivity contribution in [3.63, 3.8) is 0 Å².